The van der Waals surface area contributed by atoms with Crippen LogP contribution >= 0.6 is 0 Å². The quantitative estimate of drug-likeness (QED) is 0.767. The Kier molecular flexibility index (Phi) is 5.08. The summed E-state index contributed by atoms with van der Waals surface area (Å²) in [5, 5.41) is 12.5. The first-order valence-electron chi connectivity index (χ1n) is 7.28. The molecule has 1 fully saturated rings. The third-order valence-corrected chi connectivity index (χ3v) is 3.79. The number of hydrogen-bond donors (Lipinski definition) is 2. The molecule has 1 atom stereocenters. The third-order valence-electron chi connectivity index (χ3n) is 3.79. The SMILES string of the molecule is CCNC(C)(CN1CCN(c2ncccn2)CC1)C(=O)O. The van der Waals surface area contributed by atoms with E-state index in [2.05, 4.69) is 25.1 Å². The summed E-state index contributed by atoms with van der Waals surface area (Å²) >= 11 is 0. The average Bonchev–Trinajstić information content (AvgIpc) is 2.49. The molecule has 1 aliphatic heterocycles. The van der Waals surface area contributed by atoms with Gasteiger partial charge in [0.2, 0.25) is 5.95 Å². The first-order chi connectivity index (χ1) is 10.0. The second-order valence-electron chi connectivity index (χ2n) is 5.48. The van der Waals surface area contributed by atoms with Crippen LogP contribution in [0.5, 0.6) is 0 Å². The Hall–Kier alpha value is -1.73. The number of anilines is 1. The molecule has 1 aromatic heterocycles. The monoisotopic (exact) mass is 293 g/mol. The Morgan fingerprint density at radius 1 is 1.33 bits per heavy atom. The Bertz CT molecular complexity index is 462. The van der Waals surface area contributed by atoms with Gasteiger partial charge < -0.3 is 15.3 Å². The van der Waals surface area contributed by atoms with Crippen molar-refractivity contribution in [2.75, 3.05) is 44.2 Å². The number of carbonyl (C=O) groups is 1. The van der Waals surface area contributed by atoms with Gasteiger partial charge in [-0.15, -0.1) is 0 Å². The lowest BCUT2D eigenvalue weighted by Gasteiger charge is -2.38. The molecule has 1 aliphatic rings. The summed E-state index contributed by atoms with van der Waals surface area (Å²) in [4.78, 5) is 24.3. The van der Waals surface area contributed by atoms with Gasteiger partial charge in [-0.25, -0.2) is 9.97 Å². The number of likely N-dealkylation sites (N-methyl/N-ethyl adjacent to an activating group) is 1. The van der Waals surface area contributed by atoms with Crippen molar-refractivity contribution in [3.63, 3.8) is 0 Å². The van der Waals surface area contributed by atoms with Crippen molar-refractivity contribution in [3.8, 4) is 0 Å². The largest absolute Gasteiger partial charge is 0.480 e. The highest BCUT2D eigenvalue weighted by Gasteiger charge is 2.35. The molecular formula is C14H23N5O2. The molecule has 0 bridgehead atoms. The van der Waals surface area contributed by atoms with Gasteiger partial charge in [0, 0.05) is 45.1 Å². The van der Waals surface area contributed by atoms with E-state index in [1.807, 2.05) is 6.92 Å². The number of carboxylic acids is 1. The van der Waals surface area contributed by atoms with E-state index >= 15 is 0 Å². The molecular weight excluding hydrogens is 270 g/mol. The molecule has 7 heteroatoms. The van der Waals surface area contributed by atoms with Gasteiger partial charge in [0.25, 0.3) is 0 Å². The number of hydrogen-bond acceptors (Lipinski definition) is 6. The van der Waals surface area contributed by atoms with Crippen molar-refractivity contribution in [3.05, 3.63) is 18.5 Å². The summed E-state index contributed by atoms with van der Waals surface area (Å²) in [6, 6.07) is 1.80. The van der Waals surface area contributed by atoms with Crippen LogP contribution in [0.4, 0.5) is 5.95 Å². The third kappa shape index (κ3) is 3.89. The van der Waals surface area contributed by atoms with E-state index in [4.69, 9.17) is 0 Å². The van der Waals surface area contributed by atoms with Crippen LogP contribution in [0.25, 0.3) is 0 Å². The fraction of sp³-hybridized carbons (Fsp3) is 0.643. The van der Waals surface area contributed by atoms with E-state index < -0.39 is 11.5 Å². The Balaban J connectivity index is 1.90. The molecule has 1 aromatic rings. The van der Waals surface area contributed by atoms with E-state index in [1.54, 1.807) is 25.4 Å². The summed E-state index contributed by atoms with van der Waals surface area (Å²) in [7, 11) is 0. The molecule has 7 nitrogen and oxygen atoms in total. The fourth-order valence-electron chi connectivity index (χ4n) is 2.60. The van der Waals surface area contributed by atoms with Crippen molar-refractivity contribution < 1.29 is 9.90 Å². The summed E-state index contributed by atoms with van der Waals surface area (Å²) in [6.07, 6.45) is 3.47. The number of rotatable bonds is 6. The van der Waals surface area contributed by atoms with Gasteiger partial charge in [0.15, 0.2) is 0 Å². The molecule has 0 spiro atoms. The number of aromatic nitrogens is 2. The van der Waals surface area contributed by atoms with Crippen LogP contribution in [-0.4, -0.2) is 70.8 Å². The molecule has 1 unspecified atom stereocenters. The molecule has 1 saturated heterocycles. The minimum absolute atomic E-state index is 0.500. The lowest BCUT2D eigenvalue weighted by Crippen LogP contribution is -2.59. The predicted octanol–water partition coefficient (Wildman–Crippen LogP) is 0.0514. The Morgan fingerprint density at radius 3 is 2.48 bits per heavy atom. The van der Waals surface area contributed by atoms with Crippen LogP contribution in [0.3, 0.4) is 0 Å². The van der Waals surface area contributed by atoms with Gasteiger partial charge >= 0.3 is 5.97 Å². The number of piperazine rings is 1. The summed E-state index contributed by atoms with van der Waals surface area (Å²) in [5.41, 5.74) is -0.903. The molecule has 0 aromatic carbocycles. The zero-order valence-corrected chi connectivity index (χ0v) is 12.6. The predicted molar refractivity (Wildman–Crippen MR) is 80.4 cm³/mol. The number of nitrogens with one attached hydrogen (secondary N) is 1. The highest BCUT2D eigenvalue weighted by atomic mass is 16.4. The van der Waals surface area contributed by atoms with Crippen molar-refractivity contribution in [1.82, 2.24) is 20.2 Å². The first-order valence-corrected chi connectivity index (χ1v) is 7.28. The maximum atomic E-state index is 11.5. The van der Waals surface area contributed by atoms with Crippen LogP contribution in [0.1, 0.15) is 13.8 Å². The Labute approximate surface area is 125 Å². The van der Waals surface area contributed by atoms with Crippen LogP contribution in [0, 0.1) is 0 Å². The molecule has 116 valence electrons. The molecule has 2 rings (SSSR count). The number of carboxylic acid groups (broad SMARTS) is 1. The van der Waals surface area contributed by atoms with E-state index in [1.165, 1.54) is 0 Å². The van der Waals surface area contributed by atoms with E-state index in [9.17, 15) is 9.90 Å². The maximum absolute atomic E-state index is 11.5. The molecule has 2 N–H and O–H groups in total. The summed E-state index contributed by atoms with van der Waals surface area (Å²) in [6.45, 7) is 8.05. The van der Waals surface area contributed by atoms with E-state index in [-0.39, 0.29) is 0 Å². The Morgan fingerprint density at radius 2 is 1.95 bits per heavy atom. The van der Waals surface area contributed by atoms with Crippen molar-refractivity contribution in [1.29, 1.82) is 0 Å². The van der Waals surface area contributed by atoms with Crippen molar-refractivity contribution in [2.24, 2.45) is 0 Å². The van der Waals surface area contributed by atoms with Crippen LogP contribution in [0.2, 0.25) is 0 Å². The zero-order valence-electron chi connectivity index (χ0n) is 12.6. The minimum Gasteiger partial charge on any atom is -0.480 e. The highest BCUT2D eigenvalue weighted by molar-refractivity contribution is 5.78. The van der Waals surface area contributed by atoms with Gasteiger partial charge in [-0.05, 0) is 19.5 Å². The smallest absolute Gasteiger partial charge is 0.324 e. The van der Waals surface area contributed by atoms with Crippen LogP contribution in [-0.2, 0) is 4.79 Å². The molecule has 21 heavy (non-hydrogen) atoms. The fourth-order valence-corrected chi connectivity index (χ4v) is 2.60. The first kappa shape index (κ1) is 15.7. The number of aliphatic carboxylic acids is 1. The highest BCUT2D eigenvalue weighted by Crippen LogP contribution is 2.13. The topological polar surface area (TPSA) is 81.6 Å². The van der Waals surface area contributed by atoms with Gasteiger partial charge in [-0.1, -0.05) is 6.92 Å². The zero-order chi connectivity index (χ0) is 15.3. The van der Waals surface area contributed by atoms with Crippen molar-refractivity contribution in [2.45, 2.75) is 19.4 Å². The lowest BCUT2D eigenvalue weighted by atomic mass is 10.0. The van der Waals surface area contributed by atoms with Crippen molar-refractivity contribution >= 4 is 11.9 Å². The molecule has 0 amide bonds. The molecule has 0 saturated carbocycles. The van der Waals surface area contributed by atoms with E-state index in [0.717, 1.165) is 32.1 Å². The van der Waals surface area contributed by atoms with Gasteiger partial charge in [0.05, 0.1) is 0 Å². The summed E-state index contributed by atoms with van der Waals surface area (Å²) < 4.78 is 0. The van der Waals surface area contributed by atoms with Crippen LogP contribution in [0.15, 0.2) is 18.5 Å². The van der Waals surface area contributed by atoms with Gasteiger partial charge in [-0.3, -0.25) is 9.69 Å². The second-order valence-corrected chi connectivity index (χ2v) is 5.48. The normalized spacial score (nSPS) is 19.2. The average molecular weight is 293 g/mol. The van der Waals surface area contributed by atoms with Gasteiger partial charge in [0.1, 0.15) is 5.54 Å². The standard InChI is InChI=1S/C14H23N5O2/c1-3-17-14(2,12(20)21)11-18-7-9-19(10-8-18)13-15-5-4-6-16-13/h4-6,17H,3,7-11H2,1-2H3,(H,20,21). The molecule has 0 radical (unpaired) electrons. The number of nitrogens with zero attached hydrogens (tertiary/aromatic N) is 4. The molecule has 2 heterocycles. The lowest BCUT2D eigenvalue weighted by molar-refractivity contribution is -0.145. The maximum Gasteiger partial charge on any atom is 0.324 e. The van der Waals surface area contributed by atoms with E-state index in [0.29, 0.717) is 13.1 Å². The van der Waals surface area contributed by atoms with Crippen LogP contribution < -0.4 is 10.2 Å². The minimum atomic E-state index is -0.903. The van der Waals surface area contributed by atoms with Gasteiger partial charge in [-0.2, -0.15) is 0 Å². The second kappa shape index (κ2) is 6.82. The summed E-state index contributed by atoms with van der Waals surface area (Å²) in [5.74, 6) is -0.0667. The molecule has 0 aliphatic carbocycles.